The lowest BCUT2D eigenvalue weighted by molar-refractivity contribution is -0.140. The zero-order valence-electron chi connectivity index (χ0n) is 17.6. The Hall–Kier alpha value is -2.90. The van der Waals surface area contributed by atoms with E-state index in [1.54, 1.807) is 48.5 Å². The Morgan fingerprint density at radius 1 is 1.10 bits per heavy atom. The molecule has 0 saturated carbocycles. The molecule has 1 heterocycles. The maximum atomic E-state index is 13.2. The van der Waals surface area contributed by atoms with Gasteiger partial charge in [0.25, 0.3) is 11.6 Å². The van der Waals surface area contributed by atoms with Crippen LogP contribution < -0.4 is 15.5 Å². The predicted molar refractivity (Wildman–Crippen MR) is 118 cm³/mol. The molecule has 3 N–H and O–H groups in total. The highest BCUT2D eigenvalue weighted by Crippen LogP contribution is 2.39. The van der Waals surface area contributed by atoms with Gasteiger partial charge in [0.2, 0.25) is 0 Å². The van der Waals surface area contributed by atoms with Crippen molar-refractivity contribution < 1.29 is 14.7 Å². The molecule has 1 aliphatic rings. The number of hydrogen-bond acceptors (Lipinski definition) is 4. The van der Waals surface area contributed by atoms with Gasteiger partial charge in [-0.25, -0.2) is 4.79 Å². The SMILES string of the molecule is CCCCN(C)CCCNC(=O)C1(O)c2ccccc2NC(=O)N1c1ccccc1. The number of benzene rings is 2. The van der Waals surface area contributed by atoms with Gasteiger partial charge in [-0.15, -0.1) is 0 Å². The number of nitrogens with zero attached hydrogens (tertiary/aromatic N) is 2. The highest BCUT2D eigenvalue weighted by Gasteiger charge is 2.51. The molecule has 0 fully saturated rings. The summed E-state index contributed by atoms with van der Waals surface area (Å²) in [6.45, 7) is 4.43. The summed E-state index contributed by atoms with van der Waals surface area (Å²) in [4.78, 5) is 29.4. The molecule has 0 saturated heterocycles. The molecule has 0 radical (unpaired) electrons. The number of amides is 3. The van der Waals surface area contributed by atoms with Crippen LogP contribution in [-0.4, -0.2) is 48.6 Å². The molecule has 3 rings (SSSR count). The van der Waals surface area contributed by atoms with Gasteiger partial charge in [-0.1, -0.05) is 49.7 Å². The van der Waals surface area contributed by atoms with Crippen molar-refractivity contribution in [2.45, 2.75) is 31.9 Å². The first kappa shape index (κ1) is 21.8. The zero-order chi connectivity index (χ0) is 21.6. The van der Waals surface area contributed by atoms with E-state index in [2.05, 4.69) is 29.5 Å². The third-order valence-electron chi connectivity index (χ3n) is 5.30. The molecule has 0 aromatic heterocycles. The first-order valence-corrected chi connectivity index (χ1v) is 10.4. The minimum Gasteiger partial charge on any atom is -0.359 e. The van der Waals surface area contributed by atoms with Gasteiger partial charge in [-0.3, -0.25) is 9.69 Å². The number of hydrogen-bond donors (Lipinski definition) is 3. The minimum atomic E-state index is -2.14. The van der Waals surface area contributed by atoms with Crippen molar-refractivity contribution in [1.82, 2.24) is 10.2 Å². The molecule has 0 bridgehead atoms. The zero-order valence-corrected chi connectivity index (χ0v) is 17.6. The maximum Gasteiger partial charge on any atom is 0.329 e. The third-order valence-corrected chi connectivity index (χ3v) is 5.30. The van der Waals surface area contributed by atoms with Crippen molar-refractivity contribution in [1.29, 1.82) is 0 Å². The molecule has 1 aliphatic heterocycles. The van der Waals surface area contributed by atoms with E-state index in [9.17, 15) is 14.7 Å². The summed E-state index contributed by atoms with van der Waals surface area (Å²) in [6.07, 6.45) is 3.03. The number of aliphatic hydroxyl groups is 1. The van der Waals surface area contributed by atoms with Crippen LogP contribution in [0, 0.1) is 0 Å². The van der Waals surface area contributed by atoms with E-state index in [0.29, 0.717) is 23.5 Å². The molecule has 30 heavy (non-hydrogen) atoms. The molecular weight excluding hydrogens is 380 g/mol. The van der Waals surface area contributed by atoms with Crippen molar-refractivity contribution in [3.05, 3.63) is 60.2 Å². The molecule has 1 unspecified atom stereocenters. The summed E-state index contributed by atoms with van der Waals surface area (Å²) in [5, 5.41) is 17.2. The van der Waals surface area contributed by atoms with E-state index in [0.717, 1.165) is 37.3 Å². The number of carbonyl (C=O) groups is 2. The van der Waals surface area contributed by atoms with E-state index >= 15 is 0 Å². The second-order valence-corrected chi connectivity index (χ2v) is 7.59. The second-order valence-electron chi connectivity index (χ2n) is 7.59. The van der Waals surface area contributed by atoms with Crippen molar-refractivity contribution >= 4 is 23.3 Å². The predicted octanol–water partition coefficient (Wildman–Crippen LogP) is 3.12. The lowest BCUT2D eigenvalue weighted by Crippen LogP contribution is -2.62. The summed E-state index contributed by atoms with van der Waals surface area (Å²) in [7, 11) is 2.06. The van der Waals surface area contributed by atoms with Crippen LogP contribution >= 0.6 is 0 Å². The molecule has 160 valence electrons. The fourth-order valence-corrected chi connectivity index (χ4v) is 3.65. The average molecular weight is 411 g/mol. The Kier molecular flexibility index (Phi) is 7.07. The molecule has 7 heteroatoms. The normalized spacial score (nSPS) is 18.1. The fraction of sp³-hybridized carbons (Fsp3) is 0.391. The average Bonchev–Trinajstić information content (AvgIpc) is 2.75. The molecule has 3 amide bonds. The van der Waals surface area contributed by atoms with Crippen LogP contribution in [0.3, 0.4) is 0 Å². The van der Waals surface area contributed by atoms with Crippen LogP contribution in [0.5, 0.6) is 0 Å². The molecule has 7 nitrogen and oxygen atoms in total. The van der Waals surface area contributed by atoms with Gasteiger partial charge in [0.15, 0.2) is 0 Å². The third kappa shape index (κ3) is 4.47. The van der Waals surface area contributed by atoms with Crippen LogP contribution in [0.1, 0.15) is 31.7 Å². The summed E-state index contributed by atoms with van der Waals surface area (Å²) < 4.78 is 0. The number of nitrogens with one attached hydrogen (secondary N) is 2. The number of carbonyl (C=O) groups excluding carboxylic acids is 2. The highest BCUT2D eigenvalue weighted by atomic mass is 16.3. The maximum absolute atomic E-state index is 13.2. The number of fused-ring (bicyclic) bond motifs is 1. The molecule has 2 aromatic carbocycles. The van der Waals surface area contributed by atoms with Gasteiger partial charge >= 0.3 is 6.03 Å². The van der Waals surface area contributed by atoms with E-state index in [-0.39, 0.29) is 0 Å². The first-order valence-electron chi connectivity index (χ1n) is 10.4. The molecular formula is C23H30N4O3. The van der Waals surface area contributed by atoms with Gasteiger partial charge in [-0.05, 0) is 51.2 Å². The van der Waals surface area contributed by atoms with Gasteiger partial charge in [-0.2, -0.15) is 0 Å². The Morgan fingerprint density at radius 2 is 1.77 bits per heavy atom. The lowest BCUT2D eigenvalue weighted by atomic mass is 9.95. The largest absolute Gasteiger partial charge is 0.359 e. The minimum absolute atomic E-state index is 0.339. The van der Waals surface area contributed by atoms with Crippen LogP contribution in [0.2, 0.25) is 0 Å². The van der Waals surface area contributed by atoms with Crippen LogP contribution in [0.25, 0.3) is 0 Å². The van der Waals surface area contributed by atoms with Gasteiger partial charge < -0.3 is 20.6 Å². The van der Waals surface area contributed by atoms with Gasteiger partial charge in [0.1, 0.15) is 0 Å². The van der Waals surface area contributed by atoms with E-state index in [1.165, 1.54) is 0 Å². The van der Waals surface area contributed by atoms with Crippen molar-refractivity contribution in [2.24, 2.45) is 0 Å². The Morgan fingerprint density at radius 3 is 2.50 bits per heavy atom. The van der Waals surface area contributed by atoms with Gasteiger partial charge in [0, 0.05) is 17.8 Å². The molecule has 1 atom stereocenters. The summed E-state index contributed by atoms with van der Waals surface area (Å²) in [5.74, 6) is -0.620. The van der Waals surface area contributed by atoms with Crippen molar-refractivity contribution in [3.8, 4) is 0 Å². The standard InChI is InChI=1S/C23H30N4O3/c1-3-4-16-26(2)17-10-15-24-21(28)23(30)19-13-8-9-14-20(19)25-22(29)27(23)18-11-6-5-7-12-18/h5-9,11-14,30H,3-4,10,15-17H2,1-2H3,(H,24,28)(H,25,29). The quantitative estimate of drug-likeness (QED) is 0.555. The molecule has 0 aliphatic carbocycles. The fourth-order valence-electron chi connectivity index (χ4n) is 3.65. The topological polar surface area (TPSA) is 84.9 Å². The smallest absolute Gasteiger partial charge is 0.329 e. The molecule has 0 spiro atoms. The Bertz CT molecular complexity index is 874. The number of para-hydroxylation sites is 2. The summed E-state index contributed by atoms with van der Waals surface area (Å²) in [5.41, 5.74) is -0.951. The highest BCUT2D eigenvalue weighted by molar-refractivity contribution is 6.11. The molecule has 2 aromatic rings. The van der Waals surface area contributed by atoms with Gasteiger partial charge in [0.05, 0.1) is 5.69 Å². The Labute approximate surface area is 177 Å². The van der Waals surface area contributed by atoms with E-state index < -0.39 is 17.7 Å². The van der Waals surface area contributed by atoms with Crippen LogP contribution in [0.15, 0.2) is 54.6 Å². The Balaban J connectivity index is 1.80. The summed E-state index contributed by atoms with van der Waals surface area (Å²) >= 11 is 0. The number of anilines is 2. The first-order chi connectivity index (χ1) is 14.5. The van der Waals surface area contributed by atoms with Crippen molar-refractivity contribution in [2.75, 3.05) is 36.9 Å². The van der Waals surface area contributed by atoms with E-state index in [4.69, 9.17) is 0 Å². The number of urea groups is 1. The van der Waals surface area contributed by atoms with Crippen LogP contribution in [0.4, 0.5) is 16.2 Å². The monoisotopic (exact) mass is 410 g/mol. The summed E-state index contributed by atoms with van der Waals surface area (Å²) in [6, 6.07) is 15.0. The number of rotatable bonds is 9. The van der Waals surface area contributed by atoms with Crippen molar-refractivity contribution in [3.63, 3.8) is 0 Å². The second kappa shape index (κ2) is 9.73. The van der Waals surface area contributed by atoms with Crippen LogP contribution in [-0.2, 0) is 10.5 Å². The van der Waals surface area contributed by atoms with E-state index in [1.807, 2.05) is 6.07 Å². The lowest BCUT2D eigenvalue weighted by Gasteiger charge is -2.42. The number of unbranched alkanes of at least 4 members (excludes halogenated alkanes) is 1.